The fourth-order valence-electron chi connectivity index (χ4n) is 2.88. The lowest BCUT2D eigenvalue weighted by molar-refractivity contribution is -0.144. The van der Waals surface area contributed by atoms with E-state index in [1.54, 1.807) is 12.1 Å². The zero-order chi connectivity index (χ0) is 15.5. The van der Waals surface area contributed by atoms with Gasteiger partial charge in [0.15, 0.2) is 0 Å². The Morgan fingerprint density at radius 3 is 2.43 bits per heavy atom. The first kappa shape index (κ1) is 15.3. The van der Waals surface area contributed by atoms with Gasteiger partial charge in [-0.15, -0.1) is 0 Å². The van der Waals surface area contributed by atoms with Gasteiger partial charge in [-0.25, -0.2) is 0 Å². The maximum Gasteiger partial charge on any atom is 0.306 e. The molecule has 5 heteroatoms. The molecule has 1 aliphatic rings. The Bertz CT molecular complexity index is 540. The van der Waals surface area contributed by atoms with E-state index >= 15 is 0 Å². The molecule has 0 bridgehead atoms. The minimum atomic E-state index is -0.839. The first-order chi connectivity index (χ1) is 9.93. The summed E-state index contributed by atoms with van der Waals surface area (Å²) >= 11 is 0. The monoisotopic (exact) mass is 288 g/mol. The number of carboxylic acids is 1. The number of anilines is 1. The number of hydrogen-bond donors (Lipinski definition) is 2. The molecule has 1 aromatic carbocycles. The van der Waals surface area contributed by atoms with E-state index in [2.05, 4.69) is 6.07 Å². The lowest BCUT2D eigenvalue weighted by atomic mass is 9.78. The van der Waals surface area contributed by atoms with Crippen LogP contribution < -0.4 is 4.90 Å². The quantitative estimate of drug-likeness (QED) is 0.885. The molecule has 1 saturated carbocycles. The van der Waals surface area contributed by atoms with Crippen LogP contribution in [0.5, 0.6) is 0 Å². The third kappa shape index (κ3) is 3.73. The highest BCUT2D eigenvalue weighted by Gasteiger charge is 2.36. The van der Waals surface area contributed by atoms with E-state index in [9.17, 15) is 9.90 Å². The van der Waals surface area contributed by atoms with Crippen LogP contribution in [0.4, 0.5) is 5.69 Å². The zero-order valence-electron chi connectivity index (χ0n) is 12.1. The second-order valence-corrected chi connectivity index (χ2v) is 5.85. The highest BCUT2D eigenvalue weighted by atomic mass is 16.4. The number of hydrogen-bond acceptors (Lipinski definition) is 4. The summed E-state index contributed by atoms with van der Waals surface area (Å²) in [5.74, 6) is -1.09. The lowest BCUT2D eigenvalue weighted by Crippen LogP contribution is -2.45. The van der Waals surface area contributed by atoms with Gasteiger partial charge in [0.2, 0.25) is 0 Å². The van der Waals surface area contributed by atoms with Gasteiger partial charge in [0.1, 0.15) is 0 Å². The molecular weight excluding hydrogens is 268 g/mol. The SMILES string of the molecule is CN(CC1(O)CCC(C(=O)O)CC1)c1ccc(C#N)cc1. The number of nitriles is 1. The summed E-state index contributed by atoms with van der Waals surface area (Å²) in [6.07, 6.45) is 2.05. The average molecular weight is 288 g/mol. The van der Waals surface area contributed by atoms with E-state index in [4.69, 9.17) is 10.4 Å². The number of aliphatic hydroxyl groups is 1. The first-order valence-electron chi connectivity index (χ1n) is 7.10. The van der Waals surface area contributed by atoms with E-state index < -0.39 is 11.6 Å². The molecule has 0 aromatic heterocycles. The van der Waals surface area contributed by atoms with Gasteiger partial charge in [0.05, 0.1) is 23.2 Å². The van der Waals surface area contributed by atoms with Crippen molar-refractivity contribution in [3.05, 3.63) is 29.8 Å². The molecule has 0 unspecified atom stereocenters. The molecule has 1 aromatic rings. The molecule has 21 heavy (non-hydrogen) atoms. The van der Waals surface area contributed by atoms with Crippen molar-refractivity contribution in [1.29, 1.82) is 5.26 Å². The van der Waals surface area contributed by atoms with Crippen LogP contribution in [0.25, 0.3) is 0 Å². The van der Waals surface area contributed by atoms with Gasteiger partial charge < -0.3 is 15.1 Å². The van der Waals surface area contributed by atoms with E-state index in [0.717, 1.165) is 5.69 Å². The molecule has 0 atom stereocenters. The molecule has 0 radical (unpaired) electrons. The zero-order valence-corrected chi connectivity index (χ0v) is 12.1. The largest absolute Gasteiger partial charge is 0.481 e. The molecule has 5 nitrogen and oxygen atoms in total. The summed E-state index contributed by atoms with van der Waals surface area (Å²) in [6, 6.07) is 9.27. The second-order valence-electron chi connectivity index (χ2n) is 5.85. The van der Waals surface area contributed by atoms with Gasteiger partial charge in [-0.05, 0) is 49.9 Å². The fraction of sp³-hybridized carbons (Fsp3) is 0.500. The van der Waals surface area contributed by atoms with Crippen LogP contribution in [0.15, 0.2) is 24.3 Å². The molecule has 0 saturated heterocycles. The molecule has 0 amide bonds. The van der Waals surface area contributed by atoms with Crippen molar-refractivity contribution >= 4 is 11.7 Å². The van der Waals surface area contributed by atoms with Crippen LogP contribution in [0.2, 0.25) is 0 Å². The predicted octanol–water partition coefficient (Wildman–Crippen LogP) is 2.00. The molecule has 0 heterocycles. The Kier molecular flexibility index (Phi) is 4.49. The van der Waals surface area contributed by atoms with Crippen LogP contribution in [0, 0.1) is 17.2 Å². The first-order valence-corrected chi connectivity index (χ1v) is 7.10. The van der Waals surface area contributed by atoms with Crippen molar-refractivity contribution in [2.45, 2.75) is 31.3 Å². The number of carboxylic acid groups (broad SMARTS) is 1. The van der Waals surface area contributed by atoms with Gasteiger partial charge in [-0.3, -0.25) is 4.79 Å². The Morgan fingerprint density at radius 2 is 1.95 bits per heavy atom. The number of nitrogens with zero attached hydrogens (tertiary/aromatic N) is 2. The van der Waals surface area contributed by atoms with Crippen molar-refractivity contribution in [1.82, 2.24) is 0 Å². The molecule has 0 aliphatic heterocycles. The summed E-state index contributed by atoms with van der Waals surface area (Å²) in [5.41, 5.74) is 0.699. The minimum Gasteiger partial charge on any atom is -0.481 e. The van der Waals surface area contributed by atoms with Crippen LogP contribution in [-0.2, 0) is 4.79 Å². The average Bonchev–Trinajstić information content (AvgIpc) is 2.47. The molecule has 1 fully saturated rings. The summed E-state index contributed by atoms with van der Waals surface area (Å²) in [5, 5.41) is 28.4. The topological polar surface area (TPSA) is 84.6 Å². The number of likely N-dealkylation sites (N-methyl/N-ethyl adjacent to an activating group) is 1. The fourth-order valence-corrected chi connectivity index (χ4v) is 2.88. The van der Waals surface area contributed by atoms with Crippen molar-refractivity contribution < 1.29 is 15.0 Å². The second kappa shape index (κ2) is 6.15. The standard InChI is InChI=1S/C16H20N2O3/c1-18(14-4-2-12(10-17)3-5-14)11-16(21)8-6-13(7-9-16)15(19)20/h2-5,13,21H,6-9,11H2,1H3,(H,19,20). The van der Waals surface area contributed by atoms with E-state index in [1.807, 2.05) is 24.1 Å². The molecule has 2 rings (SSSR count). The maximum absolute atomic E-state index is 11.0. The Labute approximate surface area is 124 Å². The van der Waals surface area contributed by atoms with Gasteiger partial charge in [0.25, 0.3) is 0 Å². The van der Waals surface area contributed by atoms with Crippen molar-refractivity contribution in [2.75, 3.05) is 18.5 Å². The number of aliphatic carboxylic acids is 1. The summed E-state index contributed by atoms with van der Waals surface area (Å²) in [4.78, 5) is 12.9. The van der Waals surface area contributed by atoms with Crippen molar-refractivity contribution in [3.63, 3.8) is 0 Å². The summed E-state index contributed by atoms with van der Waals surface area (Å²) in [6.45, 7) is 0.464. The molecular formula is C16H20N2O3. The molecule has 1 aliphatic carbocycles. The van der Waals surface area contributed by atoms with Gasteiger partial charge in [-0.2, -0.15) is 5.26 Å². The third-order valence-corrected chi connectivity index (χ3v) is 4.23. The van der Waals surface area contributed by atoms with Crippen LogP contribution in [0.3, 0.4) is 0 Å². The smallest absolute Gasteiger partial charge is 0.306 e. The highest BCUT2D eigenvalue weighted by Crippen LogP contribution is 2.33. The number of benzene rings is 1. The predicted molar refractivity (Wildman–Crippen MR) is 79.0 cm³/mol. The molecule has 112 valence electrons. The Morgan fingerprint density at radius 1 is 1.38 bits per heavy atom. The Hall–Kier alpha value is -2.06. The maximum atomic E-state index is 11.0. The van der Waals surface area contributed by atoms with Gasteiger partial charge >= 0.3 is 5.97 Å². The summed E-state index contributed by atoms with van der Waals surface area (Å²) in [7, 11) is 1.89. The number of carbonyl (C=O) groups is 1. The normalized spacial score (nSPS) is 25.1. The highest BCUT2D eigenvalue weighted by molar-refractivity contribution is 5.70. The van der Waals surface area contributed by atoms with Crippen LogP contribution >= 0.6 is 0 Å². The lowest BCUT2D eigenvalue weighted by Gasteiger charge is -2.38. The van der Waals surface area contributed by atoms with Crippen molar-refractivity contribution in [2.24, 2.45) is 5.92 Å². The van der Waals surface area contributed by atoms with Crippen LogP contribution in [-0.4, -0.2) is 35.4 Å². The van der Waals surface area contributed by atoms with Crippen molar-refractivity contribution in [3.8, 4) is 6.07 Å². The summed E-state index contributed by atoms with van der Waals surface area (Å²) < 4.78 is 0. The Balaban J connectivity index is 1.97. The van der Waals surface area contributed by atoms with Gasteiger partial charge in [-0.1, -0.05) is 0 Å². The van der Waals surface area contributed by atoms with E-state index in [-0.39, 0.29) is 5.92 Å². The van der Waals surface area contributed by atoms with Gasteiger partial charge in [0, 0.05) is 19.3 Å². The third-order valence-electron chi connectivity index (χ3n) is 4.23. The number of rotatable bonds is 4. The van der Waals surface area contributed by atoms with Crippen LogP contribution in [0.1, 0.15) is 31.2 Å². The van der Waals surface area contributed by atoms with E-state index in [0.29, 0.717) is 37.8 Å². The van der Waals surface area contributed by atoms with E-state index in [1.165, 1.54) is 0 Å². The molecule has 2 N–H and O–H groups in total. The molecule has 0 spiro atoms. The minimum absolute atomic E-state index is 0.328.